The van der Waals surface area contributed by atoms with Gasteiger partial charge >= 0.3 is 0 Å². The summed E-state index contributed by atoms with van der Waals surface area (Å²) in [7, 11) is 0. The van der Waals surface area contributed by atoms with Crippen molar-refractivity contribution < 1.29 is 9.90 Å². The van der Waals surface area contributed by atoms with E-state index in [0.29, 0.717) is 0 Å². The monoisotopic (exact) mass is 317 g/mol. The summed E-state index contributed by atoms with van der Waals surface area (Å²) >= 11 is 8.92. The molecule has 0 radical (unpaired) electrons. The van der Waals surface area contributed by atoms with Gasteiger partial charge in [-0.1, -0.05) is 28.1 Å². The van der Waals surface area contributed by atoms with E-state index in [1.807, 2.05) is 24.3 Å². The maximum absolute atomic E-state index is 11.5. The minimum absolute atomic E-state index is 0.0616. The summed E-state index contributed by atoms with van der Waals surface area (Å²) < 4.78 is 0.957. The van der Waals surface area contributed by atoms with E-state index in [1.54, 1.807) is 0 Å². The van der Waals surface area contributed by atoms with Gasteiger partial charge in [0.25, 0.3) is 0 Å². The summed E-state index contributed by atoms with van der Waals surface area (Å²) in [5.74, 6) is -0.194. The lowest BCUT2D eigenvalue weighted by Crippen LogP contribution is -2.37. The van der Waals surface area contributed by atoms with Crippen LogP contribution in [0.1, 0.15) is 12.0 Å². The summed E-state index contributed by atoms with van der Waals surface area (Å²) in [5, 5.41) is 12.2. The molecule has 0 saturated heterocycles. The Morgan fingerprint density at radius 3 is 2.94 bits per heavy atom. The van der Waals surface area contributed by atoms with Crippen LogP contribution in [0.25, 0.3) is 0 Å². The quantitative estimate of drug-likeness (QED) is 0.834. The molecule has 1 aliphatic carbocycles. The van der Waals surface area contributed by atoms with Crippen LogP contribution in [-0.4, -0.2) is 23.5 Å². The number of benzene rings is 1. The predicted molar refractivity (Wildman–Crippen MR) is 69.9 cm³/mol. The van der Waals surface area contributed by atoms with Gasteiger partial charge in [0.15, 0.2) is 0 Å². The molecule has 17 heavy (non-hydrogen) atoms. The van der Waals surface area contributed by atoms with Crippen LogP contribution in [0.4, 0.5) is 0 Å². The number of hydrogen-bond acceptors (Lipinski definition) is 2. The molecule has 2 rings (SSSR count). The Kier molecular flexibility index (Phi) is 3.76. The van der Waals surface area contributed by atoms with Gasteiger partial charge in [-0.25, -0.2) is 0 Å². The van der Waals surface area contributed by atoms with Gasteiger partial charge in [0, 0.05) is 17.0 Å². The Morgan fingerprint density at radius 1 is 1.65 bits per heavy atom. The Morgan fingerprint density at radius 2 is 2.41 bits per heavy atom. The average molecular weight is 319 g/mol. The molecule has 2 N–H and O–H groups in total. The number of halogens is 2. The van der Waals surface area contributed by atoms with Crippen molar-refractivity contribution in [2.75, 3.05) is 12.5 Å². The highest BCUT2D eigenvalue weighted by molar-refractivity contribution is 9.10. The zero-order valence-corrected chi connectivity index (χ0v) is 11.5. The maximum atomic E-state index is 11.5. The smallest absolute Gasteiger partial charge is 0.235 e. The lowest BCUT2D eigenvalue weighted by atomic mass is 10.0. The van der Waals surface area contributed by atoms with Gasteiger partial charge in [-0.05, 0) is 24.1 Å². The molecule has 5 heteroatoms. The average Bonchev–Trinajstić information content (AvgIpc) is 3.04. The standard InChI is InChI=1S/C12H13BrClNO2/c13-10-3-1-2-8(4-10)12(5-9(12)7-16)15-11(17)6-14/h1-4,9,16H,5-7H2,(H,15,17)/t9-,12-/m1/s1. The Bertz CT molecular complexity index is 440. The van der Waals surface area contributed by atoms with Crippen LogP contribution in [0.3, 0.4) is 0 Å². The van der Waals surface area contributed by atoms with E-state index in [2.05, 4.69) is 21.2 Å². The predicted octanol–water partition coefficient (Wildman–Crippen LogP) is 2.01. The fourth-order valence-corrected chi connectivity index (χ4v) is 2.64. The van der Waals surface area contributed by atoms with Gasteiger partial charge in [-0.3, -0.25) is 4.79 Å². The van der Waals surface area contributed by atoms with Gasteiger partial charge in [-0.2, -0.15) is 0 Å². The zero-order chi connectivity index (χ0) is 12.5. The summed E-state index contributed by atoms with van der Waals surface area (Å²) in [6.45, 7) is 0.0646. The van der Waals surface area contributed by atoms with Crippen LogP contribution in [0.5, 0.6) is 0 Å². The van der Waals surface area contributed by atoms with Crippen molar-refractivity contribution in [1.82, 2.24) is 5.32 Å². The van der Waals surface area contributed by atoms with Gasteiger partial charge in [0.2, 0.25) is 5.91 Å². The highest BCUT2D eigenvalue weighted by Crippen LogP contribution is 2.51. The van der Waals surface area contributed by atoms with Crippen molar-refractivity contribution in [2.24, 2.45) is 5.92 Å². The summed E-state index contributed by atoms with van der Waals surface area (Å²) in [6, 6.07) is 7.76. The fourth-order valence-electron chi connectivity index (χ4n) is 2.18. The largest absolute Gasteiger partial charge is 0.396 e. The third-order valence-electron chi connectivity index (χ3n) is 3.15. The second-order valence-electron chi connectivity index (χ2n) is 4.25. The minimum atomic E-state index is -0.440. The lowest BCUT2D eigenvalue weighted by molar-refractivity contribution is -0.119. The normalized spacial score (nSPS) is 26.6. The molecular formula is C12H13BrClNO2. The van der Waals surface area contributed by atoms with Crippen molar-refractivity contribution in [3.8, 4) is 0 Å². The van der Waals surface area contributed by atoms with Crippen LogP contribution < -0.4 is 5.32 Å². The summed E-state index contributed by atoms with van der Waals surface area (Å²) in [4.78, 5) is 11.5. The van der Waals surface area contributed by atoms with E-state index >= 15 is 0 Å². The Hall–Kier alpha value is -0.580. The number of amides is 1. The van der Waals surface area contributed by atoms with Crippen LogP contribution in [0.2, 0.25) is 0 Å². The van der Waals surface area contributed by atoms with Crippen molar-refractivity contribution in [3.05, 3.63) is 34.3 Å². The molecular weight excluding hydrogens is 305 g/mol. The molecule has 0 bridgehead atoms. The van der Waals surface area contributed by atoms with Crippen molar-refractivity contribution in [1.29, 1.82) is 0 Å². The van der Waals surface area contributed by atoms with Gasteiger partial charge in [0.05, 0.1) is 5.54 Å². The Balaban J connectivity index is 2.27. The summed E-state index contributed by atoms with van der Waals surface area (Å²) in [5.41, 5.74) is 0.564. The highest BCUT2D eigenvalue weighted by Gasteiger charge is 2.55. The first-order chi connectivity index (χ1) is 8.12. The molecule has 0 aromatic heterocycles. The van der Waals surface area contributed by atoms with E-state index in [9.17, 15) is 9.90 Å². The van der Waals surface area contributed by atoms with Gasteiger partial charge < -0.3 is 10.4 Å². The summed E-state index contributed by atoms with van der Waals surface area (Å²) in [6.07, 6.45) is 0.753. The molecule has 1 aromatic rings. The van der Waals surface area contributed by atoms with Crippen molar-refractivity contribution in [2.45, 2.75) is 12.0 Å². The zero-order valence-electron chi connectivity index (χ0n) is 9.12. The van der Waals surface area contributed by atoms with Crippen LogP contribution in [-0.2, 0) is 10.3 Å². The van der Waals surface area contributed by atoms with Crippen LogP contribution in [0.15, 0.2) is 28.7 Å². The lowest BCUT2D eigenvalue weighted by Gasteiger charge is -2.19. The van der Waals surface area contributed by atoms with Crippen molar-refractivity contribution in [3.63, 3.8) is 0 Å². The molecule has 1 saturated carbocycles. The molecule has 1 aliphatic rings. The first-order valence-electron chi connectivity index (χ1n) is 5.36. The highest BCUT2D eigenvalue weighted by atomic mass is 79.9. The second-order valence-corrected chi connectivity index (χ2v) is 5.43. The number of carbonyl (C=O) groups excluding carboxylic acids is 1. The molecule has 1 aromatic carbocycles. The SMILES string of the molecule is O=C(CCl)N[C@@]1(c2cccc(Br)c2)C[C@@H]1CO. The first-order valence-corrected chi connectivity index (χ1v) is 6.69. The number of carbonyl (C=O) groups is 1. The molecule has 1 fully saturated rings. The minimum Gasteiger partial charge on any atom is -0.396 e. The molecule has 1 amide bonds. The molecule has 3 nitrogen and oxygen atoms in total. The van der Waals surface area contributed by atoms with Gasteiger partial charge in [0.1, 0.15) is 5.88 Å². The number of aliphatic hydroxyl groups is 1. The van der Waals surface area contributed by atoms with E-state index in [0.717, 1.165) is 16.5 Å². The third kappa shape index (κ3) is 2.49. The topological polar surface area (TPSA) is 49.3 Å². The molecule has 0 unspecified atom stereocenters. The van der Waals surface area contributed by atoms with Crippen LogP contribution >= 0.6 is 27.5 Å². The number of aliphatic hydroxyl groups excluding tert-OH is 1. The number of hydrogen-bond donors (Lipinski definition) is 2. The first kappa shape index (κ1) is 12.9. The Labute approximate surface area is 113 Å². The van der Waals surface area contributed by atoms with Crippen molar-refractivity contribution >= 4 is 33.4 Å². The molecule has 0 heterocycles. The van der Waals surface area contributed by atoms with E-state index in [1.165, 1.54) is 0 Å². The third-order valence-corrected chi connectivity index (χ3v) is 3.89. The molecule has 0 aliphatic heterocycles. The van der Waals surface area contributed by atoms with E-state index < -0.39 is 5.54 Å². The van der Waals surface area contributed by atoms with E-state index in [-0.39, 0.29) is 24.3 Å². The molecule has 92 valence electrons. The number of nitrogens with one attached hydrogen (secondary N) is 1. The van der Waals surface area contributed by atoms with Crippen LogP contribution in [0, 0.1) is 5.92 Å². The second kappa shape index (κ2) is 4.96. The van der Waals surface area contributed by atoms with E-state index in [4.69, 9.17) is 11.6 Å². The fraction of sp³-hybridized carbons (Fsp3) is 0.417. The molecule has 2 atom stereocenters. The van der Waals surface area contributed by atoms with Gasteiger partial charge in [-0.15, -0.1) is 11.6 Å². The molecule has 0 spiro atoms. The number of rotatable bonds is 4. The number of alkyl halides is 1. The maximum Gasteiger partial charge on any atom is 0.235 e.